The second kappa shape index (κ2) is 8.56. The predicted octanol–water partition coefficient (Wildman–Crippen LogP) is 3.35. The number of ether oxygens (including phenoxy) is 1. The van der Waals surface area contributed by atoms with Crippen molar-refractivity contribution < 1.29 is 14.3 Å². The number of amides is 1. The van der Waals surface area contributed by atoms with Crippen molar-refractivity contribution >= 4 is 17.6 Å². The largest absolute Gasteiger partial charge is 0.449 e. The molecule has 128 valence electrons. The lowest BCUT2D eigenvalue weighted by Crippen LogP contribution is -2.30. The summed E-state index contributed by atoms with van der Waals surface area (Å²) in [7, 11) is 0. The van der Waals surface area contributed by atoms with Crippen molar-refractivity contribution in [3.8, 4) is 0 Å². The van der Waals surface area contributed by atoms with Crippen LogP contribution in [0.25, 0.3) is 0 Å². The molecule has 1 aromatic rings. The molecule has 5 heteroatoms. The zero-order chi connectivity index (χ0) is 17.5. The highest BCUT2D eigenvalue weighted by atomic mass is 16.5. The van der Waals surface area contributed by atoms with Gasteiger partial charge >= 0.3 is 5.97 Å². The minimum Gasteiger partial charge on any atom is -0.449 e. The Morgan fingerprint density at radius 3 is 2.30 bits per heavy atom. The number of unbranched alkanes of at least 4 members (excludes halogenated alkanes) is 1. The van der Waals surface area contributed by atoms with Gasteiger partial charge in [0.1, 0.15) is 0 Å². The number of anilines is 1. The first-order valence-corrected chi connectivity index (χ1v) is 8.03. The smallest absolute Gasteiger partial charge is 0.338 e. The maximum absolute atomic E-state index is 11.8. The number of hydrogen-bond acceptors (Lipinski definition) is 4. The first kappa shape index (κ1) is 19.0. The Balaban J connectivity index is 2.38. The molecular formula is C18H28N2O3. The molecule has 1 rings (SSSR count). The number of hydrogen-bond donors (Lipinski definition) is 2. The Morgan fingerprint density at radius 1 is 1.17 bits per heavy atom. The van der Waals surface area contributed by atoms with Crippen molar-refractivity contribution in [2.24, 2.45) is 11.1 Å². The van der Waals surface area contributed by atoms with Crippen LogP contribution in [0.4, 0.5) is 5.69 Å². The van der Waals surface area contributed by atoms with Crippen LogP contribution in [0.5, 0.6) is 0 Å². The summed E-state index contributed by atoms with van der Waals surface area (Å²) in [6.07, 6.45) is 2.57. The van der Waals surface area contributed by atoms with Crippen molar-refractivity contribution in [2.75, 3.05) is 11.9 Å². The molecule has 1 amide bonds. The number of rotatable bonds is 8. The summed E-state index contributed by atoms with van der Waals surface area (Å²) in [6, 6.07) is 7.01. The number of primary amides is 1. The summed E-state index contributed by atoms with van der Waals surface area (Å²) < 4.78 is 4.95. The summed E-state index contributed by atoms with van der Waals surface area (Å²) in [4.78, 5) is 22.7. The van der Waals surface area contributed by atoms with Crippen LogP contribution in [0, 0.1) is 5.41 Å². The predicted molar refractivity (Wildman–Crippen MR) is 92.3 cm³/mol. The van der Waals surface area contributed by atoms with Crippen LogP contribution in [-0.4, -0.2) is 24.5 Å². The second-order valence-electron chi connectivity index (χ2n) is 6.97. The van der Waals surface area contributed by atoms with E-state index in [1.165, 1.54) is 19.8 Å². The van der Waals surface area contributed by atoms with Crippen LogP contribution in [0.3, 0.4) is 0 Å². The lowest BCUT2D eigenvalue weighted by atomic mass is 9.90. The van der Waals surface area contributed by atoms with Crippen LogP contribution in [0.15, 0.2) is 24.3 Å². The minimum atomic E-state index is -0.928. The van der Waals surface area contributed by atoms with Crippen LogP contribution >= 0.6 is 0 Å². The molecule has 1 unspecified atom stereocenters. The van der Waals surface area contributed by atoms with Crippen molar-refractivity contribution in [3.05, 3.63) is 29.8 Å². The van der Waals surface area contributed by atoms with Gasteiger partial charge in [0.25, 0.3) is 5.91 Å². The molecule has 0 radical (unpaired) electrons. The molecule has 3 N–H and O–H groups in total. The molecular weight excluding hydrogens is 292 g/mol. The molecule has 23 heavy (non-hydrogen) atoms. The number of carbonyl (C=O) groups excluding carboxylic acids is 2. The van der Waals surface area contributed by atoms with Gasteiger partial charge in [0.15, 0.2) is 6.10 Å². The molecule has 0 aromatic heterocycles. The summed E-state index contributed by atoms with van der Waals surface area (Å²) in [5, 5.41) is 3.33. The van der Waals surface area contributed by atoms with Crippen LogP contribution in [0.1, 0.15) is 57.3 Å². The monoisotopic (exact) mass is 320 g/mol. The van der Waals surface area contributed by atoms with E-state index in [1.54, 1.807) is 12.1 Å². The normalized spacial score (nSPS) is 12.5. The molecule has 1 aromatic carbocycles. The molecule has 0 saturated carbocycles. The first-order chi connectivity index (χ1) is 10.7. The molecule has 5 nitrogen and oxygen atoms in total. The van der Waals surface area contributed by atoms with E-state index in [4.69, 9.17) is 10.5 Å². The van der Waals surface area contributed by atoms with Gasteiger partial charge in [0.05, 0.1) is 5.56 Å². The van der Waals surface area contributed by atoms with Gasteiger partial charge in [-0.15, -0.1) is 0 Å². The Hall–Kier alpha value is -2.04. The van der Waals surface area contributed by atoms with E-state index in [2.05, 4.69) is 26.1 Å². The Kier molecular flexibility index (Phi) is 7.07. The van der Waals surface area contributed by atoms with E-state index in [-0.39, 0.29) is 0 Å². The fraction of sp³-hybridized carbons (Fsp3) is 0.556. The summed E-state index contributed by atoms with van der Waals surface area (Å²) in [5.74, 6) is -1.21. The van der Waals surface area contributed by atoms with Gasteiger partial charge in [0.2, 0.25) is 0 Å². The van der Waals surface area contributed by atoms with E-state index < -0.39 is 18.0 Å². The Bertz CT molecular complexity index is 518. The highest BCUT2D eigenvalue weighted by molar-refractivity contribution is 5.92. The minimum absolute atomic E-state index is 0.379. The summed E-state index contributed by atoms with van der Waals surface area (Å²) in [5.41, 5.74) is 6.80. The highest BCUT2D eigenvalue weighted by Crippen LogP contribution is 2.21. The van der Waals surface area contributed by atoms with Gasteiger partial charge in [-0.3, -0.25) is 4.79 Å². The Labute approximate surface area is 138 Å². The van der Waals surface area contributed by atoms with Gasteiger partial charge in [-0.05, 0) is 49.4 Å². The molecule has 0 bridgehead atoms. The first-order valence-electron chi connectivity index (χ1n) is 8.03. The third-order valence-corrected chi connectivity index (χ3v) is 3.49. The van der Waals surface area contributed by atoms with E-state index in [9.17, 15) is 9.59 Å². The number of carbonyl (C=O) groups is 2. The fourth-order valence-corrected chi connectivity index (χ4v) is 2.02. The number of nitrogens with one attached hydrogen (secondary N) is 1. The van der Waals surface area contributed by atoms with Gasteiger partial charge in [0, 0.05) is 12.2 Å². The molecule has 0 heterocycles. The SMILES string of the molecule is CC(OC(=O)c1ccc(NCCCCC(C)(C)C)cc1)C(N)=O. The van der Waals surface area contributed by atoms with Gasteiger partial charge in [-0.25, -0.2) is 4.79 Å². The van der Waals surface area contributed by atoms with Crippen molar-refractivity contribution in [1.82, 2.24) is 0 Å². The maximum Gasteiger partial charge on any atom is 0.338 e. The van der Waals surface area contributed by atoms with E-state index >= 15 is 0 Å². The third-order valence-electron chi connectivity index (χ3n) is 3.49. The Morgan fingerprint density at radius 2 is 1.78 bits per heavy atom. The van der Waals surface area contributed by atoms with Crippen LogP contribution in [-0.2, 0) is 9.53 Å². The fourth-order valence-electron chi connectivity index (χ4n) is 2.02. The van der Waals surface area contributed by atoms with Gasteiger partial charge in [-0.2, -0.15) is 0 Å². The number of esters is 1. The molecule has 0 aliphatic rings. The van der Waals surface area contributed by atoms with Gasteiger partial charge < -0.3 is 15.8 Å². The average molecular weight is 320 g/mol. The second-order valence-corrected chi connectivity index (χ2v) is 6.97. The van der Waals surface area contributed by atoms with Crippen molar-refractivity contribution in [1.29, 1.82) is 0 Å². The third kappa shape index (κ3) is 7.68. The molecule has 0 aliphatic heterocycles. The number of benzene rings is 1. The van der Waals surface area contributed by atoms with Crippen molar-refractivity contribution in [2.45, 2.75) is 53.1 Å². The topological polar surface area (TPSA) is 81.4 Å². The van der Waals surface area contributed by atoms with E-state index in [0.29, 0.717) is 11.0 Å². The zero-order valence-corrected chi connectivity index (χ0v) is 14.5. The van der Waals surface area contributed by atoms with Gasteiger partial charge in [-0.1, -0.05) is 27.2 Å². The molecule has 0 spiro atoms. The zero-order valence-electron chi connectivity index (χ0n) is 14.5. The summed E-state index contributed by atoms with van der Waals surface area (Å²) >= 11 is 0. The lowest BCUT2D eigenvalue weighted by molar-refractivity contribution is -0.125. The molecule has 0 fully saturated rings. The van der Waals surface area contributed by atoms with Crippen LogP contribution < -0.4 is 11.1 Å². The number of nitrogens with two attached hydrogens (primary N) is 1. The molecule has 1 atom stereocenters. The standard InChI is InChI=1S/C18H28N2O3/c1-13(16(19)21)23-17(22)14-7-9-15(10-8-14)20-12-6-5-11-18(2,3)4/h7-10,13,20H,5-6,11-12H2,1-4H3,(H2,19,21). The van der Waals surface area contributed by atoms with E-state index in [1.807, 2.05) is 12.1 Å². The molecule has 0 saturated heterocycles. The lowest BCUT2D eigenvalue weighted by Gasteiger charge is -2.17. The summed E-state index contributed by atoms with van der Waals surface area (Å²) in [6.45, 7) is 9.10. The van der Waals surface area contributed by atoms with Crippen LogP contribution in [0.2, 0.25) is 0 Å². The van der Waals surface area contributed by atoms with E-state index in [0.717, 1.165) is 18.7 Å². The molecule has 0 aliphatic carbocycles. The maximum atomic E-state index is 11.8. The average Bonchev–Trinajstić information content (AvgIpc) is 2.46. The van der Waals surface area contributed by atoms with Crippen molar-refractivity contribution in [3.63, 3.8) is 0 Å². The highest BCUT2D eigenvalue weighted by Gasteiger charge is 2.15. The quantitative estimate of drug-likeness (QED) is 0.568.